The van der Waals surface area contributed by atoms with E-state index in [0.29, 0.717) is 0 Å². The Hall–Kier alpha value is -2.42. The first-order valence-corrected chi connectivity index (χ1v) is 6.19. The van der Waals surface area contributed by atoms with Gasteiger partial charge in [-0.3, -0.25) is 4.68 Å². The van der Waals surface area contributed by atoms with Crippen molar-refractivity contribution in [1.82, 2.24) is 9.78 Å². The summed E-state index contributed by atoms with van der Waals surface area (Å²) >= 11 is 0. The third-order valence-corrected chi connectivity index (χ3v) is 2.95. The molecular formula is C14H14F2N4. The fraction of sp³-hybridized carbons (Fsp3) is 0.286. The van der Waals surface area contributed by atoms with Crippen LogP contribution in [0.15, 0.2) is 18.3 Å². The summed E-state index contributed by atoms with van der Waals surface area (Å²) < 4.78 is 29.1. The predicted octanol–water partition coefficient (Wildman–Crippen LogP) is 2.74. The van der Waals surface area contributed by atoms with E-state index in [1.807, 2.05) is 13.1 Å². The van der Waals surface area contributed by atoms with Gasteiger partial charge in [-0.15, -0.1) is 0 Å². The van der Waals surface area contributed by atoms with Crippen molar-refractivity contribution in [2.45, 2.75) is 19.9 Å². The monoisotopic (exact) mass is 276 g/mol. The largest absolute Gasteiger partial charge is 0.376 e. The lowest BCUT2D eigenvalue weighted by atomic mass is 10.1. The number of benzene rings is 1. The number of nitrogens with one attached hydrogen (secondary N) is 1. The van der Waals surface area contributed by atoms with E-state index in [1.165, 1.54) is 0 Å². The van der Waals surface area contributed by atoms with Crippen LogP contribution in [-0.4, -0.2) is 9.78 Å². The zero-order chi connectivity index (χ0) is 14.7. The molecular weight excluding hydrogens is 262 g/mol. The molecule has 1 heterocycles. The summed E-state index contributed by atoms with van der Waals surface area (Å²) in [4.78, 5) is 0. The van der Waals surface area contributed by atoms with Crippen LogP contribution in [0.4, 0.5) is 14.5 Å². The highest BCUT2D eigenvalue weighted by Gasteiger charge is 2.12. The second-order valence-electron chi connectivity index (χ2n) is 4.41. The van der Waals surface area contributed by atoms with Crippen LogP contribution in [0.25, 0.3) is 0 Å². The highest BCUT2D eigenvalue weighted by molar-refractivity contribution is 5.50. The van der Waals surface area contributed by atoms with E-state index in [1.54, 1.807) is 17.8 Å². The number of halogens is 2. The minimum Gasteiger partial charge on any atom is -0.376 e. The number of anilines is 1. The molecule has 0 atom stereocenters. The molecule has 104 valence electrons. The Morgan fingerprint density at radius 1 is 1.35 bits per heavy atom. The zero-order valence-electron chi connectivity index (χ0n) is 11.2. The topological polar surface area (TPSA) is 53.6 Å². The van der Waals surface area contributed by atoms with Crippen LogP contribution in [0.5, 0.6) is 0 Å². The molecule has 1 N–H and O–H groups in total. The molecule has 0 aliphatic rings. The van der Waals surface area contributed by atoms with Gasteiger partial charge < -0.3 is 5.32 Å². The van der Waals surface area contributed by atoms with Crippen molar-refractivity contribution < 1.29 is 8.78 Å². The van der Waals surface area contributed by atoms with Gasteiger partial charge in [0.15, 0.2) is 11.6 Å². The molecule has 0 aliphatic heterocycles. The summed E-state index contributed by atoms with van der Waals surface area (Å²) in [5.41, 5.74) is 1.50. The molecule has 0 aliphatic carbocycles. The van der Waals surface area contributed by atoms with Crippen molar-refractivity contribution in [1.29, 1.82) is 5.26 Å². The summed E-state index contributed by atoms with van der Waals surface area (Å²) in [6, 6.07) is 3.73. The van der Waals surface area contributed by atoms with Crippen LogP contribution in [-0.2, 0) is 20.0 Å². The highest BCUT2D eigenvalue weighted by atomic mass is 19.1. The van der Waals surface area contributed by atoms with E-state index in [4.69, 9.17) is 5.26 Å². The smallest absolute Gasteiger partial charge is 0.150 e. The Morgan fingerprint density at radius 2 is 2.00 bits per heavy atom. The molecule has 1 aromatic carbocycles. The molecule has 6 heteroatoms. The molecule has 2 aromatic rings. The third-order valence-electron chi connectivity index (χ3n) is 2.95. The Bertz CT molecular complexity index is 647. The number of nitrogens with zero attached hydrogens (tertiary/aromatic N) is 3. The Morgan fingerprint density at radius 3 is 2.55 bits per heavy atom. The fourth-order valence-corrected chi connectivity index (χ4v) is 2.02. The molecule has 0 bridgehead atoms. The molecule has 1 aromatic heterocycles. The average Bonchev–Trinajstić information content (AvgIpc) is 2.77. The number of nitriles is 1. The van der Waals surface area contributed by atoms with Crippen LogP contribution in [0.3, 0.4) is 0 Å². The second-order valence-corrected chi connectivity index (χ2v) is 4.41. The van der Waals surface area contributed by atoms with Crippen LogP contribution in [0, 0.1) is 23.0 Å². The molecule has 0 fully saturated rings. The van der Waals surface area contributed by atoms with Crippen LogP contribution in [0.2, 0.25) is 0 Å². The molecule has 20 heavy (non-hydrogen) atoms. The lowest BCUT2D eigenvalue weighted by Crippen LogP contribution is -2.05. The maximum absolute atomic E-state index is 13.7. The minimum absolute atomic E-state index is 0.0406. The number of hydrogen-bond acceptors (Lipinski definition) is 3. The number of rotatable bonds is 4. The maximum atomic E-state index is 13.7. The predicted molar refractivity (Wildman–Crippen MR) is 71.0 cm³/mol. The van der Waals surface area contributed by atoms with E-state index in [0.717, 1.165) is 29.8 Å². The van der Waals surface area contributed by atoms with E-state index < -0.39 is 11.6 Å². The summed E-state index contributed by atoms with van der Waals surface area (Å²) in [6.07, 6.45) is 2.56. The summed E-state index contributed by atoms with van der Waals surface area (Å²) in [6.45, 7) is 2.24. The van der Waals surface area contributed by atoms with Gasteiger partial charge in [-0.05, 0) is 18.6 Å². The van der Waals surface area contributed by atoms with Crippen LogP contribution < -0.4 is 5.32 Å². The van der Waals surface area contributed by atoms with Crippen molar-refractivity contribution in [2.24, 2.45) is 7.05 Å². The van der Waals surface area contributed by atoms with Gasteiger partial charge in [0.1, 0.15) is 5.69 Å². The Labute approximate surface area is 115 Å². The fourth-order valence-electron chi connectivity index (χ4n) is 2.02. The molecule has 0 saturated heterocycles. The van der Waals surface area contributed by atoms with E-state index >= 15 is 0 Å². The standard InChI is InChI=1S/C14H14F2N4/c1-3-13-10(8-20(2)19-13)7-18-14-11(15)4-9(6-17)5-12(14)16/h4-5,8,18H,3,7H2,1-2H3. The summed E-state index contributed by atoms with van der Waals surface area (Å²) in [5, 5.41) is 15.6. The average molecular weight is 276 g/mol. The van der Waals surface area contributed by atoms with E-state index in [9.17, 15) is 8.78 Å². The SMILES string of the molecule is CCc1nn(C)cc1CNc1c(F)cc(C#N)cc1F. The van der Waals surface area contributed by atoms with Crippen molar-refractivity contribution in [3.05, 3.63) is 46.8 Å². The van der Waals surface area contributed by atoms with Gasteiger partial charge in [0.2, 0.25) is 0 Å². The molecule has 0 unspecified atom stereocenters. The Balaban J connectivity index is 2.21. The van der Waals surface area contributed by atoms with Crippen LogP contribution in [0.1, 0.15) is 23.7 Å². The first kappa shape index (κ1) is 14.0. The molecule has 0 radical (unpaired) electrons. The molecule has 0 saturated carbocycles. The lowest BCUT2D eigenvalue weighted by Gasteiger charge is -2.08. The van der Waals surface area contributed by atoms with Gasteiger partial charge >= 0.3 is 0 Å². The number of aromatic nitrogens is 2. The molecule has 0 spiro atoms. The summed E-state index contributed by atoms with van der Waals surface area (Å²) in [7, 11) is 1.80. The van der Waals surface area contributed by atoms with Gasteiger partial charge in [-0.25, -0.2) is 8.78 Å². The zero-order valence-corrected chi connectivity index (χ0v) is 11.2. The number of hydrogen-bond donors (Lipinski definition) is 1. The molecule has 2 rings (SSSR count). The Kier molecular flexibility index (Phi) is 3.99. The van der Waals surface area contributed by atoms with Gasteiger partial charge in [0.25, 0.3) is 0 Å². The van der Waals surface area contributed by atoms with Crippen molar-refractivity contribution in [2.75, 3.05) is 5.32 Å². The highest BCUT2D eigenvalue weighted by Crippen LogP contribution is 2.21. The molecule has 0 amide bonds. The second kappa shape index (κ2) is 5.70. The van der Waals surface area contributed by atoms with Gasteiger partial charge in [-0.1, -0.05) is 6.92 Å². The first-order valence-electron chi connectivity index (χ1n) is 6.19. The van der Waals surface area contributed by atoms with E-state index in [-0.39, 0.29) is 17.8 Å². The molecule has 4 nitrogen and oxygen atoms in total. The van der Waals surface area contributed by atoms with Crippen molar-refractivity contribution >= 4 is 5.69 Å². The van der Waals surface area contributed by atoms with Crippen molar-refractivity contribution in [3.8, 4) is 6.07 Å². The maximum Gasteiger partial charge on any atom is 0.150 e. The van der Waals surface area contributed by atoms with E-state index in [2.05, 4.69) is 10.4 Å². The van der Waals surface area contributed by atoms with Gasteiger partial charge in [0, 0.05) is 25.4 Å². The van der Waals surface area contributed by atoms with Crippen molar-refractivity contribution in [3.63, 3.8) is 0 Å². The third kappa shape index (κ3) is 2.77. The van der Waals surface area contributed by atoms with Gasteiger partial charge in [0.05, 0.1) is 17.3 Å². The minimum atomic E-state index is -0.775. The quantitative estimate of drug-likeness (QED) is 0.934. The first-order chi connectivity index (χ1) is 9.55. The lowest BCUT2D eigenvalue weighted by molar-refractivity contribution is 0.587. The van der Waals surface area contributed by atoms with Crippen LogP contribution >= 0.6 is 0 Å². The summed E-state index contributed by atoms with van der Waals surface area (Å²) in [5.74, 6) is -1.55. The normalized spacial score (nSPS) is 10.3. The van der Waals surface area contributed by atoms with Gasteiger partial charge in [-0.2, -0.15) is 10.4 Å². The number of aryl methyl sites for hydroxylation is 2.